The summed E-state index contributed by atoms with van der Waals surface area (Å²) in [6.07, 6.45) is 0.536. The Labute approximate surface area is 121 Å². The standard InChI is InChI=1S/C12H17N5O2S/c1-5-9-11(17(18)19)12(16(4)14-9)15(3)6-10-13-8(2)7-20-10/h7H,5-6H2,1-4H3. The molecule has 0 saturated carbocycles. The minimum atomic E-state index is -0.356. The molecule has 108 valence electrons. The minimum absolute atomic E-state index is 0.0887. The lowest BCUT2D eigenvalue weighted by atomic mass is 10.3. The third-order valence-corrected chi connectivity index (χ3v) is 3.93. The topological polar surface area (TPSA) is 77.1 Å². The van der Waals surface area contributed by atoms with Crippen LogP contribution < -0.4 is 4.90 Å². The van der Waals surface area contributed by atoms with Gasteiger partial charge in [-0.05, 0) is 13.3 Å². The van der Waals surface area contributed by atoms with E-state index in [1.807, 2.05) is 31.2 Å². The van der Waals surface area contributed by atoms with Gasteiger partial charge in [-0.25, -0.2) is 9.67 Å². The zero-order valence-electron chi connectivity index (χ0n) is 12.0. The molecule has 7 nitrogen and oxygen atoms in total. The first kappa shape index (κ1) is 14.4. The van der Waals surface area contributed by atoms with Gasteiger partial charge in [0.05, 0.1) is 11.5 Å². The van der Waals surface area contributed by atoms with E-state index in [9.17, 15) is 10.1 Å². The van der Waals surface area contributed by atoms with Crippen LogP contribution in [0.5, 0.6) is 0 Å². The third-order valence-electron chi connectivity index (χ3n) is 2.98. The van der Waals surface area contributed by atoms with Crippen LogP contribution in [-0.4, -0.2) is 26.7 Å². The van der Waals surface area contributed by atoms with Crippen molar-refractivity contribution < 1.29 is 4.92 Å². The first-order chi connectivity index (χ1) is 9.43. The Morgan fingerprint density at radius 2 is 2.25 bits per heavy atom. The molecule has 0 bridgehead atoms. The number of thiazole rings is 1. The fourth-order valence-electron chi connectivity index (χ4n) is 2.16. The molecule has 0 aliphatic rings. The molecule has 2 heterocycles. The normalized spacial score (nSPS) is 10.8. The van der Waals surface area contributed by atoms with E-state index in [0.29, 0.717) is 24.5 Å². The summed E-state index contributed by atoms with van der Waals surface area (Å²) < 4.78 is 1.57. The number of aromatic nitrogens is 3. The highest BCUT2D eigenvalue weighted by Crippen LogP contribution is 2.32. The maximum Gasteiger partial charge on any atom is 0.334 e. The molecule has 0 fully saturated rings. The second-order valence-electron chi connectivity index (χ2n) is 4.59. The Hall–Kier alpha value is -1.96. The zero-order chi connectivity index (χ0) is 14.9. The number of anilines is 1. The molecule has 0 N–H and O–H groups in total. The summed E-state index contributed by atoms with van der Waals surface area (Å²) in [5, 5.41) is 18.4. The van der Waals surface area contributed by atoms with Crippen LogP contribution in [0.25, 0.3) is 0 Å². The number of nitrogens with zero attached hydrogens (tertiary/aromatic N) is 5. The summed E-state index contributed by atoms with van der Waals surface area (Å²) in [7, 11) is 3.55. The van der Waals surface area contributed by atoms with Crippen molar-refractivity contribution in [3.8, 4) is 0 Å². The number of hydrogen-bond acceptors (Lipinski definition) is 6. The summed E-state index contributed by atoms with van der Waals surface area (Å²) >= 11 is 1.55. The molecule has 0 atom stereocenters. The molecule has 2 aromatic heterocycles. The minimum Gasteiger partial charge on any atom is -0.347 e. The van der Waals surface area contributed by atoms with Crippen molar-refractivity contribution in [2.75, 3.05) is 11.9 Å². The van der Waals surface area contributed by atoms with Crippen molar-refractivity contribution in [3.63, 3.8) is 0 Å². The lowest BCUT2D eigenvalue weighted by Crippen LogP contribution is -2.20. The van der Waals surface area contributed by atoms with Gasteiger partial charge in [-0.1, -0.05) is 6.92 Å². The van der Waals surface area contributed by atoms with E-state index in [2.05, 4.69) is 10.1 Å². The van der Waals surface area contributed by atoms with Crippen LogP contribution in [0, 0.1) is 17.0 Å². The summed E-state index contributed by atoms with van der Waals surface area (Å²) in [4.78, 5) is 17.1. The Morgan fingerprint density at radius 1 is 1.55 bits per heavy atom. The lowest BCUT2D eigenvalue weighted by Gasteiger charge is -2.16. The molecule has 0 saturated heterocycles. The monoisotopic (exact) mass is 295 g/mol. The van der Waals surface area contributed by atoms with Crippen LogP contribution in [0.4, 0.5) is 11.5 Å². The van der Waals surface area contributed by atoms with Crippen LogP contribution in [0.15, 0.2) is 5.38 Å². The lowest BCUT2D eigenvalue weighted by molar-refractivity contribution is -0.384. The van der Waals surface area contributed by atoms with Gasteiger partial charge >= 0.3 is 5.69 Å². The van der Waals surface area contributed by atoms with E-state index in [1.54, 1.807) is 23.1 Å². The predicted octanol–water partition coefficient (Wildman–Crippen LogP) is 2.29. The number of aryl methyl sites for hydroxylation is 3. The molecular formula is C12H17N5O2S. The van der Waals surface area contributed by atoms with E-state index in [0.717, 1.165) is 10.7 Å². The second-order valence-corrected chi connectivity index (χ2v) is 5.53. The van der Waals surface area contributed by atoms with E-state index >= 15 is 0 Å². The highest BCUT2D eigenvalue weighted by molar-refractivity contribution is 7.09. The number of nitro groups is 1. The van der Waals surface area contributed by atoms with Crippen LogP contribution in [0.1, 0.15) is 23.3 Å². The van der Waals surface area contributed by atoms with Gasteiger partial charge in [0.2, 0.25) is 5.82 Å². The molecule has 0 aliphatic carbocycles. The van der Waals surface area contributed by atoms with E-state index in [1.165, 1.54) is 0 Å². The second kappa shape index (κ2) is 5.58. The van der Waals surface area contributed by atoms with Crippen molar-refractivity contribution >= 4 is 22.8 Å². The van der Waals surface area contributed by atoms with Crippen LogP contribution in [0.2, 0.25) is 0 Å². The average molecular weight is 295 g/mol. The molecule has 0 aliphatic heterocycles. The van der Waals surface area contributed by atoms with Gasteiger partial charge in [-0.2, -0.15) is 5.10 Å². The highest BCUT2D eigenvalue weighted by Gasteiger charge is 2.28. The molecule has 20 heavy (non-hydrogen) atoms. The van der Waals surface area contributed by atoms with Gasteiger partial charge in [-0.3, -0.25) is 10.1 Å². The van der Waals surface area contributed by atoms with Gasteiger partial charge < -0.3 is 4.90 Å². The fourth-order valence-corrected chi connectivity index (χ4v) is 2.99. The fraction of sp³-hybridized carbons (Fsp3) is 0.500. The van der Waals surface area contributed by atoms with E-state index in [-0.39, 0.29) is 10.6 Å². The van der Waals surface area contributed by atoms with Gasteiger partial charge in [0.1, 0.15) is 10.7 Å². The SMILES string of the molecule is CCc1nn(C)c(N(C)Cc2nc(C)cs2)c1[N+](=O)[O-]. The molecule has 0 amide bonds. The molecule has 0 radical (unpaired) electrons. The van der Waals surface area contributed by atoms with Gasteiger partial charge in [0, 0.05) is 25.2 Å². The van der Waals surface area contributed by atoms with Crippen molar-refractivity contribution in [3.05, 3.63) is 31.9 Å². The first-order valence-electron chi connectivity index (χ1n) is 6.26. The van der Waals surface area contributed by atoms with Crippen LogP contribution in [-0.2, 0) is 20.0 Å². The molecular weight excluding hydrogens is 278 g/mol. The van der Waals surface area contributed by atoms with E-state index < -0.39 is 0 Å². The average Bonchev–Trinajstić information content (AvgIpc) is 2.92. The first-order valence-corrected chi connectivity index (χ1v) is 7.14. The smallest absolute Gasteiger partial charge is 0.334 e. The molecule has 0 unspecified atom stereocenters. The zero-order valence-corrected chi connectivity index (χ0v) is 12.8. The summed E-state index contributed by atoms with van der Waals surface area (Å²) in [6.45, 7) is 4.33. The van der Waals surface area contributed by atoms with Gasteiger partial charge in [0.15, 0.2) is 0 Å². The number of rotatable bonds is 5. The summed E-state index contributed by atoms with van der Waals surface area (Å²) in [5.41, 5.74) is 1.56. The maximum absolute atomic E-state index is 11.3. The number of hydrogen-bond donors (Lipinski definition) is 0. The summed E-state index contributed by atoms with van der Waals surface area (Å²) in [5.74, 6) is 0.514. The summed E-state index contributed by atoms with van der Waals surface area (Å²) in [6, 6.07) is 0. The maximum atomic E-state index is 11.3. The van der Waals surface area contributed by atoms with Gasteiger partial charge in [0.25, 0.3) is 0 Å². The Morgan fingerprint density at radius 3 is 2.75 bits per heavy atom. The van der Waals surface area contributed by atoms with Crippen LogP contribution >= 0.6 is 11.3 Å². The predicted molar refractivity (Wildman–Crippen MR) is 78.2 cm³/mol. The largest absolute Gasteiger partial charge is 0.347 e. The van der Waals surface area contributed by atoms with Crippen molar-refractivity contribution in [1.29, 1.82) is 0 Å². The molecule has 2 aromatic rings. The highest BCUT2D eigenvalue weighted by atomic mass is 32.1. The van der Waals surface area contributed by atoms with E-state index in [4.69, 9.17) is 0 Å². The molecule has 0 aromatic carbocycles. The Balaban J connectivity index is 2.36. The Bertz CT molecular complexity index is 634. The third kappa shape index (κ3) is 2.64. The molecule has 0 spiro atoms. The quantitative estimate of drug-likeness (QED) is 0.625. The Kier molecular flexibility index (Phi) is 4.03. The molecule has 8 heteroatoms. The van der Waals surface area contributed by atoms with Crippen molar-refractivity contribution in [1.82, 2.24) is 14.8 Å². The van der Waals surface area contributed by atoms with Crippen LogP contribution in [0.3, 0.4) is 0 Å². The van der Waals surface area contributed by atoms with Crippen molar-refractivity contribution in [2.45, 2.75) is 26.8 Å². The molecule has 2 rings (SSSR count). The van der Waals surface area contributed by atoms with Crippen molar-refractivity contribution in [2.24, 2.45) is 7.05 Å². The van der Waals surface area contributed by atoms with Gasteiger partial charge in [-0.15, -0.1) is 11.3 Å².